The molecule has 110 valence electrons. The molecular formula is C16H18N2O3. The average molecular weight is 286 g/mol. The summed E-state index contributed by atoms with van der Waals surface area (Å²) in [7, 11) is 0. The molecule has 1 fully saturated rings. The van der Waals surface area contributed by atoms with E-state index in [9.17, 15) is 14.4 Å². The van der Waals surface area contributed by atoms with Crippen LogP contribution < -0.4 is 5.32 Å². The van der Waals surface area contributed by atoms with Crippen molar-refractivity contribution in [1.29, 1.82) is 0 Å². The van der Waals surface area contributed by atoms with E-state index in [-0.39, 0.29) is 17.9 Å². The summed E-state index contributed by atoms with van der Waals surface area (Å²) in [6.07, 6.45) is 7.64. The van der Waals surface area contributed by atoms with Gasteiger partial charge in [0.05, 0.1) is 0 Å². The molecule has 2 aliphatic rings. The number of amides is 3. The summed E-state index contributed by atoms with van der Waals surface area (Å²) in [6.45, 7) is 0. The third-order valence-corrected chi connectivity index (χ3v) is 3.53. The van der Waals surface area contributed by atoms with Crippen molar-refractivity contribution >= 4 is 23.9 Å². The minimum absolute atomic E-state index is 0.132. The first-order valence-electron chi connectivity index (χ1n) is 7.03. The number of hydrogen-bond donors (Lipinski definition) is 1. The maximum Gasteiger partial charge on any atom is 0.253 e. The van der Waals surface area contributed by atoms with Crippen molar-refractivity contribution in [2.75, 3.05) is 5.32 Å². The molecule has 0 radical (unpaired) electrons. The van der Waals surface area contributed by atoms with Crippen molar-refractivity contribution in [3.8, 4) is 0 Å². The summed E-state index contributed by atoms with van der Waals surface area (Å²) >= 11 is 0. The summed E-state index contributed by atoms with van der Waals surface area (Å²) in [5, 5.41) is 2.53. The first-order valence-corrected chi connectivity index (χ1v) is 7.03. The standard InChI is InChI=1S/C9H11NO2.C7H7NO/c11-8-5-6-9(12)10(8)7-3-1-2-4-7;9-6-8-7-4-2-1-3-5-7/h5-7H,1-4H2;1-6H,(H,8,9). The van der Waals surface area contributed by atoms with Crippen LogP contribution in [0.2, 0.25) is 0 Å². The summed E-state index contributed by atoms with van der Waals surface area (Å²) in [5.74, 6) is -0.265. The quantitative estimate of drug-likeness (QED) is 0.683. The normalized spacial score (nSPS) is 17.6. The number of benzene rings is 1. The van der Waals surface area contributed by atoms with Crippen LogP contribution in [0.25, 0.3) is 0 Å². The summed E-state index contributed by atoms with van der Waals surface area (Å²) in [6, 6.07) is 9.47. The lowest BCUT2D eigenvalue weighted by Gasteiger charge is -2.20. The SMILES string of the molecule is O=C1C=CC(=O)N1C1CCCC1.O=CNc1ccccc1. The van der Waals surface area contributed by atoms with E-state index < -0.39 is 0 Å². The monoisotopic (exact) mass is 286 g/mol. The molecule has 5 heteroatoms. The highest BCUT2D eigenvalue weighted by molar-refractivity contribution is 6.13. The molecule has 1 aromatic carbocycles. The van der Waals surface area contributed by atoms with Crippen LogP contribution in [0, 0.1) is 0 Å². The van der Waals surface area contributed by atoms with Crippen LogP contribution in [-0.4, -0.2) is 29.2 Å². The Morgan fingerprint density at radius 2 is 1.57 bits per heavy atom. The lowest BCUT2D eigenvalue weighted by Crippen LogP contribution is -2.38. The summed E-state index contributed by atoms with van der Waals surface area (Å²) in [5.41, 5.74) is 0.826. The molecular weight excluding hydrogens is 268 g/mol. The van der Waals surface area contributed by atoms with Gasteiger partial charge in [-0.3, -0.25) is 19.3 Å². The zero-order valence-electron chi connectivity index (χ0n) is 11.7. The van der Waals surface area contributed by atoms with Crippen molar-refractivity contribution in [3.63, 3.8) is 0 Å². The lowest BCUT2D eigenvalue weighted by atomic mass is 10.2. The maximum absolute atomic E-state index is 11.2. The average Bonchev–Trinajstić information content (AvgIpc) is 3.11. The smallest absolute Gasteiger partial charge is 0.253 e. The van der Waals surface area contributed by atoms with Gasteiger partial charge in [0.2, 0.25) is 6.41 Å². The Labute approximate surface area is 123 Å². The number of anilines is 1. The molecule has 3 rings (SSSR count). The molecule has 3 amide bonds. The molecule has 0 saturated heterocycles. The largest absolute Gasteiger partial charge is 0.329 e. The van der Waals surface area contributed by atoms with E-state index in [2.05, 4.69) is 5.32 Å². The Hall–Kier alpha value is -2.43. The first kappa shape index (κ1) is 15.0. The van der Waals surface area contributed by atoms with Crippen molar-refractivity contribution in [3.05, 3.63) is 42.5 Å². The van der Waals surface area contributed by atoms with E-state index in [1.807, 2.05) is 30.3 Å². The van der Waals surface area contributed by atoms with Crippen LogP contribution in [0.4, 0.5) is 5.69 Å². The second-order valence-corrected chi connectivity index (χ2v) is 4.95. The fourth-order valence-corrected chi connectivity index (χ4v) is 2.54. The number of imide groups is 1. The van der Waals surface area contributed by atoms with Gasteiger partial charge in [-0.2, -0.15) is 0 Å². The molecule has 5 nitrogen and oxygen atoms in total. The molecule has 1 N–H and O–H groups in total. The van der Waals surface area contributed by atoms with E-state index in [0.717, 1.165) is 31.4 Å². The minimum Gasteiger partial charge on any atom is -0.329 e. The van der Waals surface area contributed by atoms with Crippen LogP contribution in [0.5, 0.6) is 0 Å². The van der Waals surface area contributed by atoms with Gasteiger partial charge in [-0.25, -0.2) is 0 Å². The molecule has 0 bridgehead atoms. The molecule has 21 heavy (non-hydrogen) atoms. The van der Waals surface area contributed by atoms with Gasteiger partial charge in [0.1, 0.15) is 0 Å². The Bertz CT molecular complexity index is 516. The lowest BCUT2D eigenvalue weighted by molar-refractivity contribution is -0.139. The predicted octanol–water partition coefficient (Wildman–Crippen LogP) is 2.11. The van der Waals surface area contributed by atoms with Crippen LogP contribution in [0.3, 0.4) is 0 Å². The highest BCUT2D eigenvalue weighted by atomic mass is 16.2. The number of hydrogen-bond acceptors (Lipinski definition) is 3. The van der Waals surface area contributed by atoms with Gasteiger partial charge in [-0.05, 0) is 25.0 Å². The zero-order chi connectivity index (χ0) is 15.1. The van der Waals surface area contributed by atoms with Crippen molar-refractivity contribution < 1.29 is 14.4 Å². The highest BCUT2D eigenvalue weighted by Gasteiger charge is 2.32. The molecule has 0 aromatic heterocycles. The molecule has 1 heterocycles. The molecule has 0 atom stereocenters. The number of nitrogens with zero attached hydrogens (tertiary/aromatic N) is 1. The van der Waals surface area contributed by atoms with Gasteiger partial charge >= 0.3 is 0 Å². The van der Waals surface area contributed by atoms with Crippen LogP contribution in [0.15, 0.2) is 42.5 Å². The fourth-order valence-electron chi connectivity index (χ4n) is 2.54. The Morgan fingerprint density at radius 3 is 2.10 bits per heavy atom. The van der Waals surface area contributed by atoms with Gasteiger partial charge < -0.3 is 5.32 Å². The number of nitrogens with one attached hydrogen (secondary N) is 1. The Balaban J connectivity index is 0.000000161. The van der Waals surface area contributed by atoms with Gasteiger partial charge in [0.15, 0.2) is 0 Å². The second kappa shape index (κ2) is 7.38. The van der Waals surface area contributed by atoms with Crippen molar-refractivity contribution in [1.82, 2.24) is 4.90 Å². The summed E-state index contributed by atoms with van der Waals surface area (Å²) in [4.78, 5) is 33.6. The van der Waals surface area contributed by atoms with Crippen molar-refractivity contribution in [2.24, 2.45) is 0 Å². The molecule has 0 spiro atoms. The number of carbonyl (C=O) groups is 3. The van der Waals surface area contributed by atoms with Crippen LogP contribution in [-0.2, 0) is 14.4 Å². The molecule has 1 saturated carbocycles. The zero-order valence-corrected chi connectivity index (χ0v) is 11.7. The molecule has 0 unspecified atom stereocenters. The molecule has 1 aliphatic carbocycles. The van der Waals surface area contributed by atoms with Gasteiger partial charge in [-0.1, -0.05) is 31.0 Å². The van der Waals surface area contributed by atoms with E-state index in [1.165, 1.54) is 17.1 Å². The predicted molar refractivity (Wildman–Crippen MR) is 79.4 cm³/mol. The summed E-state index contributed by atoms with van der Waals surface area (Å²) < 4.78 is 0. The topological polar surface area (TPSA) is 66.5 Å². The Kier molecular flexibility index (Phi) is 5.26. The third kappa shape index (κ3) is 4.02. The van der Waals surface area contributed by atoms with Gasteiger partial charge in [0.25, 0.3) is 11.8 Å². The molecule has 1 aromatic rings. The van der Waals surface area contributed by atoms with Crippen LogP contribution in [0.1, 0.15) is 25.7 Å². The number of carbonyl (C=O) groups excluding carboxylic acids is 3. The highest BCUT2D eigenvalue weighted by Crippen LogP contribution is 2.25. The third-order valence-electron chi connectivity index (χ3n) is 3.53. The van der Waals surface area contributed by atoms with E-state index in [1.54, 1.807) is 0 Å². The minimum atomic E-state index is -0.132. The van der Waals surface area contributed by atoms with E-state index in [0.29, 0.717) is 6.41 Å². The maximum atomic E-state index is 11.2. The van der Waals surface area contributed by atoms with E-state index >= 15 is 0 Å². The first-order chi connectivity index (χ1) is 10.2. The van der Waals surface area contributed by atoms with Crippen molar-refractivity contribution in [2.45, 2.75) is 31.7 Å². The Morgan fingerprint density at radius 1 is 1.00 bits per heavy atom. The fraction of sp³-hybridized carbons (Fsp3) is 0.312. The van der Waals surface area contributed by atoms with Gasteiger partial charge in [0, 0.05) is 23.9 Å². The number of para-hydroxylation sites is 1. The number of rotatable bonds is 3. The second-order valence-electron chi connectivity index (χ2n) is 4.95. The van der Waals surface area contributed by atoms with E-state index in [4.69, 9.17) is 0 Å². The van der Waals surface area contributed by atoms with Crippen LogP contribution >= 0.6 is 0 Å². The van der Waals surface area contributed by atoms with Gasteiger partial charge in [-0.15, -0.1) is 0 Å². The molecule has 1 aliphatic heterocycles.